The Kier molecular flexibility index (Phi) is 4.50. The molecule has 0 spiro atoms. The Labute approximate surface area is 139 Å². The SMILES string of the molecule is C=C(C)C1CC/C(C)=C/CC[C@]2(C)O[C@@H]2CCC2=CC1OC2=O. The van der Waals surface area contributed by atoms with Crippen LogP contribution in [0.15, 0.2) is 35.5 Å². The zero-order valence-corrected chi connectivity index (χ0v) is 14.6. The second-order valence-corrected chi connectivity index (χ2v) is 7.60. The van der Waals surface area contributed by atoms with Crippen molar-refractivity contribution >= 4 is 5.97 Å². The van der Waals surface area contributed by atoms with Gasteiger partial charge in [0.25, 0.3) is 0 Å². The molecule has 3 nitrogen and oxygen atoms in total. The van der Waals surface area contributed by atoms with Gasteiger partial charge in [0.1, 0.15) is 6.10 Å². The van der Waals surface area contributed by atoms with Crippen LogP contribution >= 0.6 is 0 Å². The molecule has 0 N–H and O–H groups in total. The third kappa shape index (κ3) is 3.60. The highest BCUT2D eigenvalue weighted by molar-refractivity contribution is 5.91. The average Bonchev–Trinajstić information content (AvgIpc) is 2.97. The van der Waals surface area contributed by atoms with Gasteiger partial charge in [-0.2, -0.15) is 0 Å². The van der Waals surface area contributed by atoms with E-state index in [1.807, 2.05) is 13.0 Å². The Morgan fingerprint density at radius 1 is 1.35 bits per heavy atom. The number of hydrogen-bond donors (Lipinski definition) is 0. The molecule has 0 aromatic rings. The van der Waals surface area contributed by atoms with E-state index in [2.05, 4.69) is 26.5 Å². The minimum absolute atomic E-state index is 0.00358. The first-order valence-electron chi connectivity index (χ1n) is 8.79. The van der Waals surface area contributed by atoms with Gasteiger partial charge in [-0.15, -0.1) is 0 Å². The highest BCUT2D eigenvalue weighted by Gasteiger charge is 2.51. The maximum Gasteiger partial charge on any atom is 0.334 e. The lowest BCUT2D eigenvalue weighted by Gasteiger charge is -2.22. The second kappa shape index (κ2) is 6.27. The first-order chi connectivity index (χ1) is 10.9. The topological polar surface area (TPSA) is 38.8 Å². The Hall–Kier alpha value is -1.35. The Bertz CT molecular complexity index is 571. The van der Waals surface area contributed by atoms with Crippen molar-refractivity contribution in [1.29, 1.82) is 0 Å². The minimum atomic E-state index is -0.147. The number of fused-ring (bicyclic) bond motifs is 2. The summed E-state index contributed by atoms with van der Waals surface area (Å²) in [5, 5.41) is 0. The summed E-state index contributed by atoms with van der Waals surface area (Å²) in [5.41, 5.74) is 3.33. The van der Waals surface area contributed by atoms with Gasteiger partial charge in [-0.3, -0.25) is 0 Å². The van der Waals surface area contributed by atoms with Crippen molar-refractivity contribution in [3.63, 3.8) is 0 Å². The van der Waals surface area contributed by atoms with Crippen molar-refractivity contribution in [1.82, 2.24) is 0 Å². The third-order valence-electron chi connectivity index (χ3n) is 5.59. The molecule has 2 bridgehead atoms. The van der Waals surface area contributed by atoms with E-state index >= 15 is 0 Å². The van der Waals surface area contributed by atoms with E-state index in [9.17, 15) is 4.79 Å². The number of rotatable bonds is 1. The summed E-state index contributed by atoms with van der Waals surface area (Å²) in [6.07, 6.45) is 10.3. The summed E-state index contributed by atoms with van der Waals surface area (Å²) in [5.74, 6) is 0.0657. The number of carbonyl (C=O) groups excluding carboxylic acids is 1. The lowest BCUT2D eigenvalue weighted by molar-refractivity contribution is -0.141. The largest absolute Gasteiger partial charge is 0.454 e. The van der Waals surface area contributed by atoms with Gasteiger partial charge in [0.15, 0.2) is 0 Å². The first kappa shape index (κ1) is 16.5. The van der Waals surface area contributed by atoms with Crippen molar-refractivity contribution in [3.05, 3.63) is 35.5 Å². The van der Waals surface area contributed by atoms with Crippen LogP contribution in [0.1, 0.15) is 59.3 Å². The van der Waals surface area contributed by atoms with Crippen molar-refractivity contribution in [3.8, 4) is 0 Å². The molecule has 3 aliphatic rings. The minimum Gasteiger partial charge on any atom is -0.454 e. The van der Waals surface area contributed by atoms with E-state index in [1.165, 1.54) is 5.57 Å². The van der Waals surface area contributed by atoms with Crippen LogP contribution in [0.3, 0.4) is 0 Å². The monoisotopic (exact) mass is 316 g/mol. The summed E-state index contributed by atoms with van der Waals surface area (Å²) in [4.78, 5) is 12.2. The lowest BCUT2D eigenvalue weighted by Crippen LogP contribution is -2.21. The Morgan fingerprint density at radius 3 is 2.87 bits per heavy atom. The zero-order valence-electron chi connectivity index (χ0n) is 14.6. The average molecular weight is 316 g/mol. The lowest BCUT2D eigenvalue weighted by atomic mass is 9.87. The zero-order chi connectivity index (χ0) is 16.6. The highest BCUT2D eigenvalue weighted by atomic mass is 16.6. The maximum absolute atomic E-state index is 12.2. The molecule has 3 rings (SSSR count). The van der Waals surface area contributed by atoms with E-state index < -0.39 is 0 Å². The number of allylic oxidation sites excluding steroid dienone is 2. The van der Waals surface area contributed by atoms with E-state index in [4.69, 9.17) is 9.47 Å². The summed E-state index contributed by atoms with van der Waals surface area (Å²) in [7, 11) is 0. The maximum atomic E-state index is 12.2. The summed E-state index contributed by atoms with van der Waals surface area (Å²) in [6, 6.07) is 0. The van der Waals surface area contributed by atoms with Crippen LogP contribution in [0.25, 0.3) is 0 Å². The van der Waals surface area contributed by atoms with Gasteiger partial charge in [-0.25, -0.2) is 4.79 Å². The predicted molar refractivity (Wildman–Crippen MR) is 91.0 cm³/mol. The standard InChI is InChI=1S/C20H28O3/c1-13(2)16-9-7-14(3)6-5-11-20(4)18(23-20)10-8-15-12-17(16)22-19(15)21/h6,12,16-18H,1,5,7-11H2,2-4H3/b14-6+/t16?,17?,18-,20+/m1/s1. The fraction of sp³-hybridized carbons (Fsp3) is 0.650. The summed E-state index contributed by atoms with van der Waals surface area (Å²) in [6.45, 7) is 10.5. The molecule has 0 aromatic carbocycles. The van der Waals surface area contributed by atoms with Crippen LogP contribution in [0, 0.1) is 5.92 Å². The van der Waals surface area contributed by atoms with Crippen LogP contribution in [-0.4, -0.2) is 23.8 Å². The van der Waals surface area contributed by atoms with Crippen LogP contribution in [-0.2, 0) is 14.3 Å². The smallest absolute Gasteiger partial charge is 0.334 e. The van der Waals surface area contributed by atoms with Crippen LogP contribution in [0.2, 0.25) is 0 Å². The summed E-state index contributed by atoms with van der Waals surface area (Å²) >= 11 is 0. The van der Waals surface area contributed by atoms with Crippen molar-refractivity contribution in [2.24, 2.45) is 5.92 Å². The highest BCUT2D eigenvalue weighted by Crippen LogP contribution is 2.44. The molecule has 126 valence electrons. The molecule has 0 aromatic heterocycles. The van der Waals surface area contributed by atoms with Gasteiger partial charge in [0.05, 0.1) is 11.7 Å². The Balaban J connectivity index is 1.79. The fourth-order valence-corrected chi connectivity index (χ4v) is 3.83. The van der Waals surface area contributed by atoms with Crippen LogP contribution in [0.4, 0.5) is 0 Å². The van der Waals surface area contributed by atoms with Gasteiger partial charge in [-0.05, 0) is 65.4 Å². The molecular formula is C20H28O3. The number of hydrogen-bond acceptors (Lipinski definition) is 3. The van der Waals surface area contributed by atoms with Crippen molar-refractivity contribution < 1.29 is 14.3 Å². The molecule has 23 heavy (non-hydrogen) atoms. The molecule has 1 aliphatic carbocycles. The molecule has 1 fully saturated rings. The predicted octanol–water partition coefficient (Wildman–Crippen LogP) is 4.49. The molecule has 3 heteroatoms. The normalized spacial score (nSPS) is 40.1. The molecule has 4 atom stereocenters. The van der Waals surface area contributed by atoms with Gasteiger partial charge < -0.3 is 9.47 Å². The molecule has 2 aliphatic heterocycles. The van der Waals surface area contributed by atoms with E-state index in [-0.39, 0.29) is 29.7 Å². The van der Waals surface area contributed by atoms with Crippen LogP contribution in [0.5, 0.6) is 0 Å². The van der Waals surface area contributed by atoms with E-state index in [1.54, 1.807) is 0 Å². The number of ether oxygens (including phenoxy) is 2. The van der Waals surface area contributed by atoms with Crippen molar-refractivity contribution in [2.45, 2.75) is 77.1 Å². The molecule has 0 amide bonds. The summed E-state index contributed by atoms with van der Waals surface area (Å²) < 4.78 is 11.5. The molecule has 2 unspecified atom stereocenters. The first-order valence-corrected chi connectivity index (χ1v) is 8.79. The third-order valence-corrected chi connectivity index (χ3v) is 5.59. The molecule has 0 saturated carbocycles. The van der Waals surface area contributed by atoms with E-state index in [0.717, 1.165) is 49.7 Å². The number of epoxide rings is 1. The van der Waals surface area contributed by atoms with Gasteiger partial charge in [-0.1, -0.05) is 23.8 Å². The fourth-order valence-electron chi connectivity index (χ4n) is 3.83. The number of esters is 1. The Morgan fingerprint density at radius 2 is 2.13 bits per heavy atom. The van der Waals surface area contributed by atoms with Gasteiger partial charge >= 0.3 is 5.97 Å². The van der Waals surface area contributed by atoms with Gasteiger partial charge in [0.2, 0.25) is 0 Å². The van der Waals surface area contributed by atoms with Gasteiger partial charge in [0, 0.05) is 11.5 Å². The molecule has 2 heterocycles. The van der Waals surface area contributed by atoms with Crippen molar-refractivity contribution in [2.75, 3.05) is 0 Å². The second-order valence-electron chi connectivity index (χ2n) is 7.60. The molecule has 0 radical (unpaired) electrons. The van der Waals surface area contributed by atoms with Crippen LogP contribution < -0.4 is 0 Å². The quantitative estimate of drug-likeness (QED) is 0.406. The van der Waals surface area contributed by atoms with E-state index in [0.29, 0.717) is 0 Å². The molecular weight excluding hydrogens is 288 g/mol. The number of carbonyl (C=O) groups is 1. The molecule has 1 saturated heterocycles.